The van der Waals surface area contributed by atoms with Gasteiger partial charge in [-0.3, -0.25) is 9.59 Å². The third kappa shape index (κ3) is 3.49. The summed E-state index contributed by atoms with van der Waals surface area (Å²) in [4.78, 5) is 38.9. The Kier molecular flexibility index (Phi) is 5.26. The number of phenols is 2. The van der Waals surface area contributed by atoms with Crippen molar-refractivity contribution in [1.29, 1.82) is 0 Å². The molecule has 9 nitrogen and oxygen atoms in total. The van der Waals surface area contributed by atoms with Crippen LogP contribution in [0.2, 0.25) is 0 Å². The number of likely N-dealkylation sites (tertiary alicyclic amines) is 1. The Morgan fingerprint density at radius 1 is 1.19 bits per heavy atom. The van der Waals surface area contributed by atoms with Gasteiger partial charge in [-0.15, -0.1) is 0 Å². The monoisotopic (exact) mass is 381 g/mol. The normalized spacial score (nSPS) is 19.7. The van der Waals surface area contributed by atoms with Gasteiger partial charge in [-0.2, -0.15) is 0 Å². The lowest BCUT2D eigenvalue weighted by Crippen LogP contribution is -2.47. The Morgan fingerprint density at radius 2 is 1.81 bits per heavy atom. The number of benzene rings is 1. The molecule has 27 heavy (non-hydrogen) atoms. The second-order valence-electron chi connectivity index (χ2n) is 7.13. The lowest BCUT2D eigenvalue weighted by atomic mass is 9.78. The van der Waals surface area contributed by atoms with E-state index in [0.29, 0.717) is 0 Å². The Hall–Kier alpha value is -2.97. The molecule has 2 amide bonds. The Balaban J connectivity index is 2.54. The molecule has 0 aliphatic carbocycles. The molecule has 1 aliphatic heterocycles. The molecule has 0 bridgehead atoms. The van der Waals surface area contributed by atoms with Gasteiger partial charge in [-0.1, -0.05) is 0 Å². The van der Waals surface area contributed by atoms with Crippen molar-refractivity contribution < 1.29 is 38.8 Å². The number of hydrogen-bond donors (Lipinski definition) is 2. The van der Waals surface area contributed by atoms with Crippen molar-refractivity contribution in [1.82, 2.24) is 4.90 Å². The van der Waals surface area contributed by atoms with Crippen LogP contribution in [-0.4, -0.2) is 59.4 Å². The van der Waals surface area contributed by atoms with Gasteiger partial charge in [0.25, 0.3) is 5.91 Å². The zero-order chi connectivity index (χ0) is 20.6. The Bertz CT molecular complexity index is 782. The summed E-state index contributed by atoms with van der Waals surface area (Å²) in [6.07, 6.45) is -0.960. The predicted octanol–water partition coefficient (Wildman–Crippen LogP) is 1.68. The fourth-order valence-corrected chi connectivity index (χ4v) is 2.95. The van der Waals surface area contributed by atoms with Crippen LogP contribution in [-0.2, 0) is 24.5 Å². The molecule has 1 heterocycles. The topological polar surface area (TPSA) is 123 Å². The quantitative estimate of drug-likeness (QED) is 0.461. The van der Waals surface area contributed by atoms with Crippen LogP contribution >= 0.6 is 0 Å². The van der Waals surface area contributed by atoms with E-state index < -0.39 is 40.5 Å². The number of ether oxygens (including phenoxy) is 3. The number of methoxy groups -OCH3 is 2. The standard InChI is InChI=1S/C18H23NO8/c1-17(2,3)27-16(24)19-7-6-18(14(19)22,15(23)26-5)10-8-11(20)13(21)12(9-10)25-4/h8-9,20-21H,6-7H2,1-5H3. The molecule has 0 saturated carbocycles. The summed E-state index contributed by atoms with van der Waals surface area (Å²) in [5.74, 6) is -2.97. The minimum Gasteiger partial charge on any atom is -0.504 e. The highest BCUT2D eigenvalue weighted by Crippen LogP contribution is 2.44. The maximum absolute atomic E-state index is 13.1. The minimum absolute atomic E-state index is 0.0394. The summed E-state index contributed by atoms with van der Waals surface area (Å²) < 4.78 is 15.0. The summed E-state index contributed by atoms with van der Waals surface area (Å²) in [7, 11) is 2.37. The number of amides is 2. The van der Waals surface area contributed by atoms with Crippen molar-refractivity contribution in [3.05, 3.63) is 17.7 Å². The number of nitrogens with zero attached hydrogens (tertiary/aromatic N) is 1. The van der Waals surface area contributed by atoms with Crippen LogP contribution in [0.25, 0.3) is 0 Å². The average Bonchev–Trinajstić information content (AvgIpc) is 2.93. The van der Waals surface area contributed by atoms with E-state index in [1.165, 1.54) is 13.2 Å². The maximum atomic E-state index is 13.1. The SMILES string of the molecule is COC(=O)C1(c2cc(O)c(O)c(OC)c2)CCN(C(=O)OC(C)(C)C)C1=O. The molecule has 0 spiro atoms. The number of carbonyl (C=O) groups is 3. The molecule has 1 aliphatic rings. The molecular weight excluding hydrogens is 358 g/mol. The van der Waals surface area contributed by atoms with Gasteiger partial charge < -0.3 is 24.4 Å². The van der Waals surface area contributed by atoms with Crippen molar-refractivity contribution in [2.24, 2.45) is 0 Å². The number of rotatable bonds is 3. The van der Waals surface area contributed by atoms with Crippen molar-refractivity contribution >= 4 is 18.0 Å². The number of aromatic hydroxyl groups is 2. The van der Waals surface area contributed by atoms with Crippen molar-refractivity contribution in [3.8, 4) is 17.2 Å². The molecule has 1 atom stereocenters. The van der Waals surface area contributed by atoms with E-state index in [4.69, 9.17) is 14.2 Å². The first-order chi connectivity index (χ1) is 12.5. The van der Waals surface area contributed by atoms with Gasteiger partial charge in [-0.25, -0.2) is 9.69 Å². The van der Waals surface area contributed by atoms with Crippen LogP contribution in [0, 0.1) is 0 Å². The van der Waals surface area contributed by atoms with Crippen LogP contribution in [0.15, 0.2) is 12.1 Å². The van der Waals surface area contributed by atoms with E-state index in [0.717, 1.165) is 18.1 Å². The third-order valence-corrected chi connectivity index (χ3v) is 4.24. The van der Waals surface area contributed by atoms with E-state index >= 15 is 0 Å². The van der Waals surface area contributed by atoms with Gasteiger partial charge in [-0.05, 0) is 44.9 Å². The first-order valence-corrected chi connectivity index (χ1v) is 8.21. The molecule has 0 radical (unpaired) electrons. The summed E-state index contributed by atoms with van der Waals surface area (Å²) in [5, 5.41) is 19.8. The predicted molar refractivity (Wildman–Crippen MR) is 92.6 cm³/mol. The fraction of sp³-hybridized carbons (Fsp3) is 0.500. The van der Waals surface area contributed by atoms with Gasteiger partial charge in [0.1, 0.15) is 5.60 Å². The molecule has 1 fully saturated rings. The highest BCUT2D eigenvalue weighted by atomic mass is 16.6. The van der Waals surface area contributed by atoms with Gasteiger partial charge in [0.05, 0.1) is 14.2 Å². The van der Waals surface area contributed by atoms with Gasteiger partial charge in [0.15, 0.2) is 16.9 Å². The Labute approximate surface area is 156 Å². The molecule has 1 aromatic rings. The fourth-order valence-electron chi connectivity index (χ4n) is 2.95. The average molecular weight is 381 g/mol. The highest BCUT2D eigenvalue weighted by molar-refractivity contribution is 6.14. The van der Waals surface area contributed by atoms with Crippen molar-refractivity contribution in [2.75, 3.05) is 20.8 Å². The van der Waals surface area contributed by atoms with Gasteiger partial charge in [0.2, 0.25) is 5.75 Å². The van der Waals surface area contributed by atoms with Crippen LogP contribution in [0.4, 0.5) is 4.79 Å². The zero-order valence-corrected chi connectivity index (χ0v) is 15.9. The van der Waals surface area contributed by atoms with Gasteiger partial charge >= 0.3 is 12.1 Å². The molecule has 9 heteroatoms. The van der Waals surface area contributed by atoms with E-state index in [9.17, 15) is 24.6 Å². The number of phenolic OH excluding ortho intramolecular Hbond substituents is 2. The molecule has 1 saturated heterocycles. The number of imide groups is 1. The van der Waals surface area contributed by atoms with Crippen LogP contribution < -0.4 is 4.74 Å². The second kappa shape index (κ2) is 6.98. The zero-order valence-electron chi connectivity index (χ0n) is 15.9. The summed E-state index contributed by atoms with van der Waals surface area (Å²) in [6, 6.07) is 2.33. The van der Waals surface area contributed by atoms with Crippen LogP contribution in [0.5, 0.6) is 17.2 Å². The molecule has 148 valence electrons. The van der Waals surface area contributed by atoms with Crippen LogP contribution in [0.3, 0.4) is 0 Å². The largest absolute Gasteiger partial charge is 0.504 e. The first-order valence-electron chi connectivity index (χ1n) is 8.21. The molecule has 0 aromatic heterocycles. The number of esters is 1. The van der Waals surface area contributed by atoms with Crippen molar-refractivity contribution in [3.63, 3.8) is 0 Å². The third-order valence-electron chi connectivity index (χ3n) is 4.24. The first kappa shape index (κ1) is 20.3. The molecule has 1 unspecified atom stereocenters. The van der Waals surface area contributed by atoms with Gasteiger partial charge in [0, 0.05) is 6.54 Å². The maximum Gasteiger partial charge on any atom is 0.417 e. The van der Waals surface area contributed by atoms with Crippen LogP contribution in [0.1, 0.15) is 32.8 Å². The molecule has 1 aromatic carbocycles. The molecule has 2 rings (SSSR count). The second-order valence-corrected chi connectivity index (χ2v) is 7.13. The smallest absolute Gasteiger partial charge is 0.417 e. The van der Waals surface area contributed by atoms with E-state index in [-0.39, 0.29) is 24.3 Å². The minimum atomic E-state index is -1.87. The lowest BCUT2D eigenvalue weighted by Gasteiger charge is -2.27. The molecular formula is C18H23NO8. The summed E-state index contributed by atoms with van der Waals surface area (Å²) in [5.41, 5.74) is -2.66. The number of hydrogen-bond acceptors (Lipinski definition) is 8. The number of carbonyl (C=O) groups excluding carboxylic acids is 3. The highest BCUT2D eigenvalue weighted by Gasteiger charge is 2.57. The Morgan fingerprint density at radius 3 is 2.33 bits per heavy atom. The summed E-state index contributed by atoms with van der Waals surface area (Å²) in [6.45, 7) is 4.89. The lowest BCUT2D eigenvalue weighted by molar-refractivity contribution is -0.152. The van der Waals surface area contributed by atoms with E-state index in [1.54, 1.807) is 20.8 Å². The van der Waals surface area contributed by atoms with Crippen molar-refractivity contribution in [2.45, 2.75) is 38.2 Å². The van der Waals surface area contributed by atoms with E-state index in [1.807, 2.05) is 0 Å². The van der Waals surface area contributed by atoms with E-state index in [2.05, 4.69) is 0 Å². The summed E-state index contributed by atoms with van der Waals surface area (Å²) >= 11 is 0. The molecule has 2 N–H and O–H groups in total.